The Morgan fingerprint density at radius 2 is 1.74 bits per heavy atom. The van der Waals surface area contributed by atoms with Gasteiger partial charge < -0.3 is 5.73 Å². The van der Waals surface area contributed by atoms with Gasteiger partial charge in [-0.2, -0.15) is 13.2 Å². The van der Waals surface area contributed by atoms with Crippen LogP contribution >= 0.6 is 0 Å². The average molecular weight is 272 g/mol. The van der Waals surface area contributed by atoms with E-state index in [9.17, 15) is 22.8 Å². The predicted octanol–water partition coefficient (Wildman–Crippen LogP) is 1.82. The van der Waals surface area contributed by atoms with Gasteiger partial charge in [0.2, 0.25) is 11.8 Å². The molecule has 1 aliphatic heterocycles. The number of carbonyl (C=O) groups is 2. The lowest BCUT2D eigenvalue weighted by Gasteiger charge is -2.20. The van der Waals surface area contributed by atoms with Gasteiger partial charge in [-0.15, -0.1) is 0 Å². The molecule has 0 atom stereocenters. The first-order chi connectivity index (χ1) is 8.84. The molecule has 0 aromatic heterocycles. The summed E-state index contributed by atoms with van der Waals surface area (Å²) in [6.07, 6.45) is -4.77. The molecule has 7 heteroatoms. The van der Waals surface area contributed by atoms with E-state index >= 15 is 0 Å². The molecule has 0 spiro atoms. The number of amides is 2. The maximum absolute atomic E-state index is 13.0. The second-order valence-corrected chi connectivity index (χ2v) is 4.18. The van der Waals surface area contributed by atoms with Gasteiger partial charge in [0, 0.05) is 19.4 Å². The number of carbonyl (C=O) groups excluding carboxylic acids is 2. The molecule has 0 unspecified atom stereocenters. The summed E-state index contributed by atoms with van der Waals surface area (Å²) in [7, 11) is 0. The summed E-state index contributed by atoms with van der Waals surface area (Å²) in [6, 6.07) is 3.36. The van der Waals surface area contributed by atoms with E-state index in [4.69, 9.17) is 5.73 Å². The Balaban J connectivity index is 2.56. The average Bonchev–Trinajstić information content (AvgIpc) is 2.67. The fourth-order valence-electron chi connectivity index (χ4n) is 1.98. The van der Waals surface area contributed by atoms with E-state index in [2.05, 4.69) is 0 Å². The van der Waals surface area contributed by atoms with Crippen molar-refractivity contribution >= 4 is 17.5 Å². The zero-order valence-corrected chi connectivity index (χ0v) is 9.83. The fourth-order valence-corrected chi connectivity index (χ4v) is 1.98. The molecule has 4 nitrogen and oxygen atoms in total. The van der Waals surface area contributed by atoms with Gasteiger partial charge in [0.25, 0.3) is 0 Å². The zero-order valence-electron chi connectivity index (χ0n) is 9.83. The quantitative estimate of drug-likeness (QED) is 0.835. The third-order valence-corrected chi connectivity index (χ3v) is 2.89. The van der Waals surface area contributed by atoms with E-state index in [-0.39, 0.29) is 24.9 Å². The van der Waals surface area contributed by atoms with Gasteiger partial charge >= 0.3 is 6.18 Å². The second kappa shape index (κ2) is 4.65. The van der Waals surface area contributed by atoms with Crippen LogP contribution in [0.4, 0.5) is 18.9 Å². The van der Waals surface area contributed by atoms with Crippen molar-refractivity contribution in [3.8, 4) is 0 Å². The fraction of sp³-hybridized carbons (Fsp3) is 0.333. The minimum atomic E-state index is -4.65. The first-order valence-electron chi connectivity index (χ1n) is 5.60. The van der Waals surface area contributed by atoms with E-state index < -0.39 is 29.2 Å². The Morgan fingerprint density at radius 1 is 1.16 bits per heavy atom. The summed E-state index contributed by atoms with van der Waals surface area (Å²) in [5.74, 6) is -1.23. The molecule has 0 bridgehead atoms. The Morgan fingerprint density at radius 3 is 2.21 bits per heavy atom. The third-order valence-electron chi connectivity index (χ3n) is 2.89. The van der Waals surface area contributed by atoms with E-state index in [0.29, 0.717) is 4.90 Å². The number of nitrogens with zero attached hydrogens (tertiary/aromatic N) is 1. The molecule has 1 heterocycles. The highest BCUT2D eigenvalue weighted by Gasteiger charge is 2.39. The smallest absolute Gasteiger partial charge is 0.326 e. The summed E-state index contributed by atoms with van der Waals surface area (Å²) >= 11 is 0. The molecule has 102 valence electrons. The Labute approximate surface area is 107 Å². The lowest BCUT2D eigenvalue weighted by Crippen LogP contribution is -2.31. The topological polar surface area (TPSA) is 63.4 Å². The number of alkyl halides is 3. The van der Waals surface area contributed by atoms with Crippen molar-refractivity contribution in [2.24, 2.45) is 5.73 Å². The maximum atomic E-state index is 13.0. The Hall–Kier alpha value is -1.89. The van der Waals surface area contributed by atoms with Crippen molar-refractivity contribution in [1.82, 2.24) is 0 Å². The molecule has 2 rings (SSSR count). The molecule has 2 amide bonds. The maximum Gasteiger partial charge on any atom is 0.418 e. The summed E-state index contributed by atoms with van der Waals surface area (Å²) in [4.78, 5) is 23.7. The molecule has 1 fully saturated rings. The molecule has 1 aliphatic rings. The zero-order chi connectivity index (χ0) is 14.2. The SMILES string of the molecule is NCc1ccc(N2C(=O)CCC2=O)c(C(F)(F)F)c1. The number of imide groups is 1. The van der Waals surface area contributed by atoms with Gasteiger partial charge in [0.15, 0.2) is 0 Å². The Kier molecular flexibility index (Phi) is 3.32. The number of nitrogens with two attached hydrogens (primary N) is 1. The number of hydrogen-bond donors (Lipinski definition) is 1. The minimum Gasteiger partial charge on any atom is -0.326 e. The van der Waals surface area contributed by atoms with Crippen LogP contribution in [0.1, 0.15) is 24.0 Å². The lowest BCUT2D eigenvalue weighted by atomic mass is 10.1. The largest absolute Gasteiger partial charge is 0.418 e. The minimum absolute atomic E-state index is 0.0503. The van der Waals surface area contributed by atoms with Crippen molar-refractivity contribution in [1.29, 1.82) is 0 Å². The van der Waals surface area contributed by atoms with Crippen LogP contribution < -0.4 is 10.6 Å². The number of halogens is 3. The first-order valence-corrected chi connectivity index (χ1v) is 5.60. The van der Waals surface area contributed by atoms with Gasteiger partial charge in [-0.3, -0.25) is 9.59 Å². The number of anilines is 1. The highest BCUT2D eigenvalue weighted by atomic mass is 19.4. The van der Waals surface area contributed by atoms with Gasteiger partial charge in [-0.05, 0) is 17.7 Å². The van der Waals surface area contributed by atoms with E-state index in [1.807, 2.05) is 0 Å². The van der Waals surface area contributed by atoms with Crippen LogP contribution in [0.5, 0.6) is 0 Å². The monoisotopic (exact) mass is 272 g/mol. The van der Waals surface area contributed by atoms with Gasteiger partial charge in [-0.25, -0.2) is 4.90 Å². The summed E-state index contributed by atoms with van der Waals surface area (Å²) in [5.41, 5.74) is 4.16. The molecule has 1 saturated heterocycles. The molecule has 0 saturated carbocycles. The second-order valence-electron chi connectivity index (χ2n) is 4.18. The van der Waals surface area contributed by atoms with Crippen LogP contribution in [0.15, 0.2) is 18.2 Å². The molecule has 0 aliphatic carbocycles. The van der Waals surface area contributed by atoms with Gasteiger partial charge in [0.05, 0.1) is 11.3 Å². The van der Waals surface area contributed by atoms with Crippen LogP contribution in [-0.4, -0.2) is 11.8 Å². The van der Waals surface area contributed by atoms with Crippen molar-refractivity contribution in [3.05, 3.63) is 29.3 Å². The Bertz CT molecular complexity index is 524. The van der Waals surface area contributed by atoms with Crippen molar-refractivity contribution < 1.29 is 22.8 Å². The molecule has 19 heavy (non-hydrogen) atoms. The number of benzene rings is 1. The number of hydrogen-bond acceptors (Lipinski definition) is 3. The molecule has 2 N–H and O–H groups in total. The highest BCUT2D eigenvalue weighted by Crippen LogP contribution is 2.38. The normalized spacial score (nSPS) is 16.3. The van der Waals surface area contributed by atoms with Crippen LogP contribution in [0.2, 0.25) is 0 Å². The molecular weight excluding hydrogens is 261 g/mol. The molecule has 1 aromatic carbocycles. The van der Waals surface area contributed by atoms with Crippen LogP contribution in [-0.2, 0) is 22.3 Å². The molecular formula is C12H11F3N2O2. The summed E-state index contributed by atoms with van der Waals surface area (Å²) in [5, 5.41) is 0. The standard InChI is InChI=1S/C12H11F3N2O2/c13-12(14,15)8-5-7(6-16)1-2-9(8)17-10(18)3-4-11(17)19/h1-2,5H,3-4,6,16H2. The van der Waals surface area contributed by atoms with Crippen LogP contribution in [0.3, 0.4) is 0 Å². The predicted molar refractivity (Wildman–Crippen MR) is 61.1 cm³/mol. The third kappa shape index (κ3) is 2.46. The summed E-state index contributed by atoms with van der Waals surface area (Å²) < 4.78 is 38.9. The van der Waals surface area contributed by atoms with Crippen molar-refractivity contribution in [3.63, 3.8) is 0 Å². The van der Waals surface area contributed by atoms with E-state index in [1.54, 1.807) is 0 Å². The van der Waals surface area contributed by atoms with Crippen LogP contribution in [0.25, 0.3) is 0 Å². The molecule has 0 radical (unpaired) electrons. The lowest BCUT2D eigenvalue weighted by molar-refractivity contribution is -0.137. The van der Waals surface area contributed by atoms with Gasteiger partial charge in [-0.1, -0.05) is 6.07 Å². The van der Waals surface area contributed by atoms with Crippen molar-refractivity contribution in [2.75, 3.05) is 4.90 Å². The summed E-state index contributed by atoms with van der Waals surface area (Å²) in [6.45, 7) is -0.0503. The first kappa shape index (κ1) is 13.5. The molecule has 1 aromatic rings. The highest BCUT2D eigenvalue weighted by molar-refractivity contribution is 6.20. The number of rotatable bonds is 2. The van der Waals surface area contributed by atoms with E-state index in [1.165, 1.54) is 6.07 Å². The van der Waals surface area contributed by atoms with E-state index in [0.717, 1.165) is 12.1 Å². The van der Waals surface area contributed by atoms with Gasteiger partial charge in [0.1, 0.15) is 0 Å². The van der Waals surface area contributed by atoms with Crippen LogP contribution in [0, 0.1) is 0 Å². The van der Waals surface area contributed by atoms with Crippen molar-refractivity contribution in [2.45, 2.75) is 25.6 Å².